The second-order valence-corrected chi connectivity index (χ2v) is 3.05. The highest BCUT2D eigenvalue weighted by atomic mass is 16.6. The molecule has 1 fully saturated rings. The Morgan fingerprint density at radius 3 is 3.08 bits per heavy atom. The second kappa shape index (κ2) is 2.66. The van der Waals surface area contributed by atoms with E-state index in [1.165, 1.54) is 0 Å². The summed E-state index contributed by atoms with van der Waals surface area (Å²) in [5.41, 5.74) is 0.820. The van der Waals surface area contributed by atoms with Crippen LogP contribution in [0, 0.1) is 11.3 Å². The van der Waals surface area contributed by atoms with Crippen molar-refractivity contribution in [3.8, 4) is 6.07 Å². The number of fused-ring (bicyclic) bond motifs is 1. The van der Waals surface area contributed by atoms with Crippen LogP contribution >= 0.6 is 0 Å². The van der Waals surface area contributed by atoms with Crippen molar-refractivity contribution in [2.75, 3.05) is 0 Å². The first-order chi connectivity index (χ1) is 6.20. The van der Waals surface area contributed by atoms with Crippen molar-refractivity contribution in [2.24, 2.45) is 0 Å². The molecule has 1 amide bonds. The number of hydrogen-bond donors (Lipinski definition) is 1. The number of ether oxygens (including phenoxy) is 2. The number of nitrogens with one attached hydrogen (secondary N) is 1. The molecule has 0 aromatic rings. The van der Waals surface area contributed by atoms with Crippen LogP contribution in [0.4, 0.5) is 4.79 Å². The van der Waals surface area contributed by atoms with Gasteiger partial charge in [0.2, 0.25) is 6.23 Å². The van der Waals surface area contributed by atoms with Crippen molar-refractivity contribution in [3.63, 3.8) is 0 Å². The number of hydrogen-bond acceptors (Lipinski definition) is 4. The number of rotatable bonds is 0. The molecular weight excluding hydrogens is 172 g/mol. The third kappa shape index (κ3) is 1.20. The quantitative estimate of drug-likeness (QED) is 0.593. The van der Waals surface area contributed by atoms with E-state index in [4.69, 9.17) is 14.7 Å². The molecular formula is C8H8N2O3. The van der Waals surface area contributed by atoms with Crippen molar-refractivity contribution in [3.05, 3.63) is 11.3 Å². The second-order valence-electron chi connectivity index (χ2n) is 3.05. The molecule has 2 aliphatic heterocycles. The van der Waals surface area contributed by atoms with Gasteiger partial charge >= 0.3 is 6.09 Å². The predicted molar refractivity (Wildman–Crippen MR) is 41.2 cm³/mol. The molecule has 2 atom stereocenters. The van der Waals surface area contributed by atoms with Gasteiger partial charge in [0.1, 0.15) is 6.07 Å². The first kappa shape index (κ1) is 7.92. The van der Waals surface area contributed by atoms with E-state index in [9.17, 15) is 4.79 Å². The van der Waals surface area contributed by atoms with Gasteiger partial charge in [0, 0.05) is 6.42 Å². The van der Waals surface area contributed by atoms with Crippen LogP contribution in [0.25, 0.3) is 0 Å². The molecule has 0 spiro atoms. The van der Waals surface area contributed by atoms with Crippen LogP contribution in [-0.4, -0.2) is 18.4 Å². The van der Waals surface area contributed by atoms with Gasteiger partial charge in [-0.2, -0.15) is 5.26 Å². The Labute approximate surface area is 74.9 Å². The molecule has 1 saturated heterocycles. The average Bonchev–Trinajstić information content (AvgIpc) is 2.42. The van der Waals surface area contributed by atoms with E-state index in [1.807, 2.05) is 6.07 Å². The summed E-state index contributed by atoms with van der Waals surface area (Å²) in [6.07, 6.45) is -0.704. The number of carbonyl (C=O) groups excluding carboxylic acids is 1. The highest BCUT2D eigenvalue weighted by Crippen LogP contribution is 2.27. The molecule has 2 rings (SSSR count). The summed E-state index contributed by atoms with van der Waals surface area (Å²) in [7, 11) is 0. The molecule has 2 unspecified atom stereocenters. The minimum Gasteiger partial charge on any atom is -0.456 e. The van der Waals surface area contributed by atoms with Gasteiger partial charge in [0.05, 0.1) is 0 Å². The first-order valence-electron chi connectivity index (χ1n) is 3.94. The molecule has 2 aliphatic rings. The van der Waals surface area contributed by atoms with Crippen LogP contribution in [0.3, 0.4) is 0 Å². The smallest absolute Gasteiger partial charge is 0.410 e. The van der Waals surface area contributed by atoms with Gasteiger partial charge in [0.15, 0.2) is 11.9 Å². The third-order valence-electron chi connectivity index (χ3n) is 2.10. The number of carbonyl (C=O) groups is 1. The molecule has 1 N–H and O–H groups in total. The largest absolute Gasteiger partial charge is 0.456 e. The number of amides is 1. The van der Waals surface area contributed by atoms with E-state index in [2.05, 4.69) is 5.32 Å². The molecule has 0 bridgehead atoms. The summed E-state index contributed by atoms with van der Waals surface area (Å²) in [6, 6.07) is 1.93. The van der Waals surface area contributed by atoms with E-state index < -0.39 is 12.3 Å². The zero-order valence-corrected chi connectivity index (χ0v) is 7.03. The zero-order chi connectivity index (χ0) is 9.42. The number of alkyl carbamates (subject to hydrolysis) is 1. The summed E-state index contributed by atoms with van der Waals surface area (Å²) >= 11 is 0. The van der Waals surface area contributed by atoms with Gasteiger partial charge in [-0.25, -0.2) is 4.79 Å². The van der Waals surface area contributed by atoms with E-state index in [1.54, 1.807) is 6.92 Å². The monoisotopic (exact) mass is 180 g/mol. The highest BCUT2D eigenvalue weighted by Gasteiger charge is 2.39. The molecule has 0 aliphatic carbocycles. The lowest BCUT2D eigenvalue weighted by atomic mass is 10.1. The van der Waals surface area contributed by atoms with Gasteiger partial charge in [-0.15, -0.1) is 0 Å². The maximum atomic E-state index is 10.8. The van der Waals surface area contributed by atoms with Crippen molar-refractivity contribution >= 4 is 6.09 Å². The summed E-state index contributed by atoms with van der Waals surface area (Å²) in [5.74, 6) is 0.284. The fourth-order valence-corrected chi connectivity index (χ4v) is 1.44. The third-order valence-corrected chi connectivity index (χ3v) is 2.10. The molecule has 5 nitrogen and oxygen atoms in total. The number of nitriles is 1. The Kier molecular flexibility index (Phi) is 1.62. The minimum atomic E-state index is -0.495. The lowest BCUT2D eigenvalue weighted by Gasteiger charge is -2.23. The van der Waals surface area contributed by atoms with E-state index in [0.717, 1.165) is 5.57 Å². The lowest BCUT2D eigenvalue weighted by molar-refractivity contribution is 0.0193. The molecule has 0 aromatic heterocycles. The van der Waals surface area contributed by atoms with Crippen LogP contribution < -0.4 is 5.32 Å². The van der Waals surface area contributed by atoms with Crippen LogP contribution in [-0.2, 0) is 9.47 Å². The molecule has 0 radical (unpaired) electrons. The van der Waals surface area contributed by atoms with Crippen molar-refractivity contribution in [1.29, 1.82) is 5.26 Å². The van der Waals surface area contributed by atoms with Gasteiger partial charge in [-0.3, -0.25) is 5.32 Å². The summed E-state index contributed by atoms with van der Waals surface area (Å²) < 4.78 is 10.1. The zero-order valence-electron chi connectivity index (χ0n) is 7.03. The van der Waals surface area contributed by atoms with Crippen molar-refractivity contribution in [2.45, 2.75) is 25.7 Å². The highest BCUT2D eigenvalue weighted by molar-refractivity contribution is 5.70. The SMILES string of the molecule is CC1=C(C#N)OC2NC(=O)OC2C1. The van der Waals surface area contributed by atoms with Crippen LogP contribution in [0.15, 0.2) is 11.3 Å². The first-order valence-corrected chi connectivity index (χ1v) is 3.94. The number of nitrogens with zero attached hydrogens (tertiary/aromatic N) is 1. The molecule has 0 saturated carbocycles. The summed E-state index contributed by atoms with van der Waals surface area (Å²) in [6.45, 7) is 1.79. The molecule has 0 aromatic carbocycles. The van der Waals surface area contributed by atoms with Gasteiger partial charge < -0.3 is 9.47 Å². The predicted octanol–water partition coefficient (Wildman–Crippen LogP) is 0.639. The molecule has 5 heteroatoms. The lowest BCUT2D eigenvalue weighted by Crippen LogP contribution is -2.37. The average molecular weight is 180 g/mol. The van der Waals surface area contributed by atoms with Crippen LogP contribution in [0.5, 0.6) is 0 Å². The maximum Gasteiger partial charge on any atom is 0.410 e. The summed E-state index contributed by atoms with van der Waals surface area (Å²) in [4.78, 5) is 10.8. The fourth-order valence-electron chi connectivity index (χ4n) is 1.44. The van der Waals surface area contributed by atoms with Crippen LogP contribution in [0.1, 0.15) is 13.3 Å². The Balaban J connectivity index is 2.20. The van der Waals surface area contributed by atoms with Crippen molar-refractivity contribution < 1.29 is 14.3 Å². The molecule has 2 heterocycles. The Bertz CT molecular complexity index is 329. The Hall–Kier alpha value is -1.70. The minimum absolute atomic E-state index is 0.284. The maximum absolute atomic E-state index is 10.8. The van der Waals surface area contributed by atoms with E-state index in [-0.39, 0.29) is 11.9 Å². The van der Waals surface area contributed by atoms with Gasteiger partial charge in [-0.05, 0) is 12.5 Å². The summed E-state index contributed by atoms with van der Waals surface area (Å²) in [5, 5.41) is 11.1. The van der Waals surface area contributed by atoms with Crippen LogP contribution in [0.2, 0.25) is 0 Å². The van der Waals surface area contributed by atoms with Gasteiger partial charge in [0.25, 0.3) is 0 Å². The van der Waals surface area contributed by atoms with E-state index >= 15 is 0 Å². The van der Waals surface area contributed by atoms with Gasteiger partial charge in [-0.1, -0.05) is 0 Å². The van der Waals surface area contributed by atoms with E-state index in [0.29, 0.717) is 6.42 Å². The molecule has 13 heavy (non-hydrogen) atoms. The Morgan fingerprint density at radius 2 is 2.38 bits per heavy atom. The fraction of sp³-hybridized carbons (Fsp3) is 0.500. The normalized spacial score (nSPS) is 31.2. The topological polar surface area (TPSA) is 71.3 Å². The van der Waals surface area contributed by atoms with Crippen molar-refractivity contribution in [1.82, 2.24) is 5.32 Å². The standard InChI is InChI=1S/C8H8N2O3/c1-4-2-5-7(10-8(11)13-5)12-6(4)3-9/h5,7H,2H2,1H3,(H,10,11). The Morgan fingerprint density at radius 1 is 1.62 bits per heavy atom. The molecule has 68 valence electrons. The number of allylic oxidation sites excluding steroid dienone is 1.